The summed E-state index contributed by atoms with van der Waals surface area (Å²) in [5.41, 5.74) is 0. The molecule has 174 valence electrons. The van der Waals surface area contributed by atoms with E-state index >= 15 is 0 Å². The van der Waals surface area contributed by atoms with Crippen LogP contribution < -0.4 is 0 Å². The smallest absolute Gasteiger partial charge is 0.306 e. The van der Waals surface area contributed by atoms with Crippen molar-refractivity contribution in [1.82, 2.24) is 0 Å². The number of hydrogen-bond donors (Lipinski definition) is 3. The molecule has 0 aliphatic rings. The highest BCUT2D eigenvalue weighted by Gasteiger charge is 2.31. The molecular weight excluding hydrogens is 386 g/mol. The highest BCUT2D eigenvalue weighted by atomic mass is 16.4. The maximum absolute atomic E-state index is 11.3. The lowest BCUT2D eigenvalue weighted by atomic mass is 10.0. The van der Waals surface area contributed by atoms with Crippen molar-refractivity contribution in [2.45, 2.75) is 72.1 Å². The largest absolute Gasteiger partial charge is 0.481 e. The first-order valence-corrected chi connectivity index (χ1v) is 11.2. The van der Waals surface area contributed by atoms with Gasteiger partial charge < -0.3 is 19.8 Å². The van der Waals surface area contributed by atoms with E-state index in [0.29, 0.717) is 43.4 Å². The Morgan fingerprint density at radius 1 is 0.700 bits per heavy atom. The summed E-state index contributed by atoms with van der Waals surface area (Å²) >= 11 is 0. The van der Waals surface area contributed by atoms with E-state index in [0.717, 1.165) is 38.6 Å². The van der Waals surface area contributed by atoms with Crippen molar-refractivity contribution in [1.29, 1.82) is 0 Å². The zero-order valence-electron chi connectivity index (χ0n) is 19.0. The Kier molecular flexibility index (Phi) is 14.0. The highest BCUT2D eigenvalue weighted by molar-refractivity contribution is 5.70. The van der Waals surface area contributed by atoms with Crippen LogP contribution in [0, 0.1) is 17.8 Å². The molecule has 0 aliphatic heterocycles. The number of unbranched alkanes of at least 4 members (excludes halogenated alkanes) is 4. The fourth-order valence-electron chi connectivity index (χ4n) is 3.53. The molecule has 7 nitrogen and oxygen atoms in total. The Balaban J connectivity index is 5.31. The van der Waals surface area contributed by atoms with Crippen molar-refractivity contribution < 1.29 is 34.2 Å². The van der Waals surface area contributed by atoms with Gasteiger partial charge in [0.25, 0.3) is 0 Å². The molecule has 7 heteroatoms. The van der Waals surface area contributed by atoms with Gasteiger partial charge in [-0.05, 0) is 25.7 Å². The Labute approximate surface area is 181 Å². The quantitative estimate of drug-likeness (QED) is 0.161. The predicted molar refractivity (Wildman–Crippen MR) is 117 cm³/mol. The van der Waals surface area contributed by atoms with Crippen molar-refractivity contribution in [3.8, 4) is 0 Å². The number of aliphatic carboxylic acids is 3. The third-order valence-electron chi connectivity index (χ3n) is 6.16. The van der Waals surface area contributed by atoms with Crippen LogP contribution in [-0.4, -0.2) is 63.9 Å². The van der Waals surface area contributed by atoms with Gasteiger partial charge in [0.15, 0.2) is 0 Å². The fourth-order valence-corrected chi connectivity index (χ4v) is 3.53. The van der Waals surface area contributed by atoms with E-state index in [-0.39, 0.29) is 0 Å². The van der Waals surface area contributed by atoms with E-state index in [9.17, 15) is 29.7 Å². The van der Waals surface area contributed by atoms with E-state index in [4.69, 9.17) is 0 Å². The minimum Gasteiger partial charge on any atom is -0.481 e. The van der Waals surface area contributed by atoms with Crippen LogP contribution in [0.1, 0.15) is 72.1 Å². The van der Waals surface area contributed by atoms with E-state index in [2.05, 4.69) is 6.58 Å². The van der Waals surface area contributed by atoms with Crippen LogP contribution in [0.15, 0.2) is 12.7 Å². The van der Waals surface area contributed by atoms with Crippen LogP contribution in [0.25, 0.3) is 0 Å². The number of carboxylic acid groups (broad SMARTS) is 3. The molecule has 0 rings (SSSR count). The number of rotatable bonds is 19. The fraction of sp³-hybridized carbons (Fsp3) is 0.783. The average molecular weight is 429 g/mol. The van der Waals surface area contributed by atoms with E-state index < -0.39 is 35.7 Å². The summed E-state index contributed by atoms with van der Waals surface area (Å²) < 4.78 is 0.592. The average Bonchev–Trinajstić information content (AvgIpc) is 2.69. The molecule has 0 amide bonds. The number of carbonyl (C=O) groups is 3. The molecular formula is C23H42NO6+. The van der Waals surface area contributed by atoms with Gasteiger partial charge in [0.1, 0.15) is 0 Å². The molecule has 0 heterocycles. The molecule has 3 N–H and O–H groups in total. The summed E-state index contributed by atoms with van der Waals surface area (Å²) in [4.78, 5) is 34.0. The Hall–Kier alpha value is -1.89. The molecule has 3 unspecified atom stereocenters. The molecule has 0 radical (unpaired) electrons. The van der Waals surface area contributed by atoms with Gasteiger partial charge in [-0.1, -0.05) is 33.3 Å². The minimum absolute atomic E-state index is 0.483. The van der Waals surface area contributed by atoms with Crippen LogP contribution in [-0.2, 0) is 14.4 Å². The maximum atomic E-state index is 11.3. The number of nitrogens with zero attached hydrogens (tertiary/aromatic N) is 1. The molecule has 0 aliphatic carbocycles. The minimum atomic E-state index is -0.838. The van der Waals surface area contributed by atoms with Crippen molar-refractivity contribution in [3.05, 3.63) is 12.7 Å². The van der Waals surface area contributed by atoms with Gasteiger partial charge in [-0.25, -0.2) is 0 Å². The van der Waals surface area contributed by atoms with Gasteiger partial charge in [0, 0.05) is 19.3 Å². The Bertz CT molecular complexity index is 488. The second-order valence-corrected chi connectivity index (χ2v) is 8.81. The van der Waals surface area contributed by atoms with Gasteiger partial charge in [-0.2, -0.15) is 0 Å². The number of allylic oxidation sites excluding steroid dienone is 1. The molecule has 0 saturated carbocycles. The molecule has 3 atom stereocenters. The second kappa shape index (κ2) is 15.0. The van der Waals surface area contributed by atoms with E-state index in [1.165, 1.54) is 0 Å². The molecule has 0 saturated heterocycles. The molecule has 0 fully saturated rings. The first kappa shape index (κ1) is 28.1. The van der Waals surface area contributed by atoms with Crippen LogP contribution in [0.4, 0.5) is 0 Å². The monoisotopic (exact) mass is 428 g/mol. The highest BCUT2D eigenvalue weighted by Crippen LogP contribution is 2.21. The molecule has 0 aromatic rings. The summed E-state index contributed by atoms with van der Waals surface area (Å²) in [5, 5.41) is 27.9. The van der Waals surface area contributed by atoms with Crippen LogP contribution in [0.2, 0.25) is 0 Å². The summed E-state index contributed by atoms with van der Waals surface area (Å²) in [6, 6.07) is 0. The lowest BCUT2D eigenvalue weighted by Crippen LogP contribution is -2.52. The van der Waals surface area contributed by atoms with Gasteiger partial charge in [-0.3, -0.25) is 14.4 Å². The number of carboxylic acids is 3. The second-order valence-electron chi connectivity index (χ2n) is 8.81. The molecule has 30 heavy (non-hydrogen) atoms. The van der Waals surface area contributed by atoms with Crippen molar-refractivity contribution in [2.75, 3.05) is 26.2 Å². The van der Waals surface area contributed by atoms with E-state index in [1.807, 2.05) is 6.08 Å². The lowest BCUT2D eigenvalue weighted by Gasteiger charge is -2.40. The summed E-state index contributed by atoms with van der Waals surface area (Å²) in [6.07, 6.45) is 8.57. The van der Waals surface area contributed by atoms with Gasteiger partial charge >= 0.3 is 17.9 Å². The SMILES string of the molecule is C=CCCCCCC[N+](CCC(C)C(=O)O)(CCC(C)C(=O)O)CCC(C)C(=O)O. The molecule has 0 aromatic heterocycles. The standard InChI is InChI=1S/C23H41NO6/c1-5-6-7-8-9-10-14-24(15-11-18(2)21(25)26,16-12-19(3)22(27)28)17-13-20(4)23(29)30/h5,18-20H,1,6-17H2,2-4H3,(H2-,25,26,27,28,29,30)/p+1. The predicted octanol–water partition coefficient (Wildman–Crippen LogP) is 4.27. The van der Waals surface area contributed by atoms with Crippen LogP contribution in [0.5, 0.6) is 0 Å². The summed E-state index contributed by atoms with van der Waals surface area (Å²) in [5.74, 6) is -3.96. The summed E-state index contributed by atoms with van der Waals surface area (Å²) in [6.45, 7) is 11.5. The third kappa shape index (κ3) is 12.0. The zero-order valence-corrected chi connectivity index (χ0v) is 19.0. The maximum Gasteiger partial charge on any atom is 0.306 e. The van der Waals surface area contributed by atoms with Gasteiger partial charge in [-0.15, -0.1) is 6.58 Å². The van der Waals surface area contributed by atoms with Crippen molar-refractivity contribution >= 4 is 17.9 Å². The van der Waals surface area contributed by atoms with Gasteiger partial charge in [0.05, 0.1) is 43.9 Å². The first-order chi connectivity index (χ1) is 14.0. The Morgan fingerprint density at radius 3 is 1.40 bits per heavy atom. The lowest BCUT2D eigenvalue weighted by molar-refractivity contribution is -0.929. The number of quaternary nitrogens is 1. The molecule has 0 aromatic carbocycles. The van der Waals surface area contributed by atoms with Gasteiger partial charge in [0.2, 0.25) is 0 Å². The zero-order chi connectivity index (χ0) is 23.2. The topological polar surface area (TPSA) is 112 Å². The normalized spacial score (nSPS) is 16.2. The van der Waals surface area contributed by atoms with E-state index in [1.54, 1.807) is 20.8 Å². The third-order valence-corrected chi connectivity index (χ3v) is 6.16. The Morgan fingerprint density at radius 2 is 1.07 bits per heavy atom. The molecule has 0 bridgehead atoms. The first-order valence-electron chi connectivity index (χ1n) is 11.2. The van der Waals surface area contributed by atoms with Crippen LogP contribution in [0.3, 0.4) is 0 Å². The summed E-state index contributed by atoms with van der Waals surface area (Å²) in [7, 11) is 0. The van der Waals surface area contributed by atoms with Crippen molar-refractivity contribution in [2.24, 2.45) is 17.8 Å². The van der Waals surface area contributed by atoms with Crippen LogP contribution >= 0.6 is 0 Å². The number of hydrogen-bond acceptors (Lipinski definition) is 3. The molecule has 0 spiro atoms. The van der Waals surface area contributed by atoms with Crippen molar-refractivity contribution in [3.63, 3.8) is 0 Å².